The second-order valence-corrected chi connectivity index (χ2v) is 4.54. The van der Waals surface area contributed by atoms with Gasteiger partial charge in [-0.25, -0.2) is 4.98 Å². The summed E-state index contributed by atoms with van der Waals surface area (Å²) in [5.74, 6) is 0. The molecule has 0 amide bonds. The van der Waals surface area contributed by atoms with E-state index in [1.807, 2.05) is 12.5 Å². The van der Waals surface area contributed by atoms with Crippen LogP contribution in [0.25, 0.3) is 0 Å². The van der Waals surface area contributed by atoms with Crippen LogP contribution in [0, 0.1) is 13.8 Å². The Hall–Kier alpha value is -1.57. The summed E-state index contributed by atoms with van der Waals surface area (Å²) in [6.45, 7) is 7.55. The van der Waals surface area contributed by atoms with E-state index in [1.165, 1.54) is 22.4 Å². The van der Waals surface area contributed by atoms with Crippen LogP contribution < -0.4 is 0 Å². The third-order valence-electron chi connectivity index (χ3n) is 3.41. The zero-order valence-corrected chi connectivity index (χ0v) is 10.9. The molecule has 2 aromatic rings. The lowest BCUT2D eigenvalue weighted by Crippen LogP contribution is -2.03. The molecule has 2 nitrogen and oxygen atoms in total. The normalized spacial score (nSPS) is 10.8. The molecule has 0 radical (unpaired) electrons. The highest BCUT2D eigenvalue weighted by atomic mass is 15.0. The van der Waals surface area contributed by atoms with Crippen molar-refractivity contribution in [2.45, 2.75) is 40.2 Å². The van der Waals surface area contributed by atoms with Crippen LogP contribution in [0.4, 0.5) is 0 Å². The lowest BCUT2D eigenvalue weighted by atomic mass is 9.98. The minimum Gasteiger partial charge on any atom is -0.335 e. The van der Waals surface area contributed by atoms with Crippen molar-refractivity contribution in [3.63, 3.8) is 0 Å². The molecule has 0 fully saturated rings. The summed E-state index contributed by atoms with van der Waals surface area (Å²) in [6.07, 6.45) is 6.07. The fourth-order valence-electron chi connectivity index (χ4n) is 2.34. The van der Waals surface area contributed by atoms with Gasteiger partial charge in [0.15, 0.2) is 0 Å². The first-order chi connectivity index (χ1) is 8.22. The summed E-state index contributed by atoms with van der Waals surface area (Å²) in [6, 6.07) is 6.52. The Balaban J connectivity index is 2.13. The van der Waals surface area contributed by atoms with Crippen molar-refractivity contribution in [2.75, 3.05) is 0 Å². The van der Waals surface area contributed by atoms with Gasteiger partial charge >= 0.3 is 0 Å². The fraction of sp³-hybridized carbons (Fsp3) is 0.400. The molecular weight excluding hydrogens is 208 g/mol. The van der Waals surface area contributed by atoms with Crippen LogP contribution in [0.2, 0.25) is 0 Å². The largest absolute Gasteiger partial charge is 0.335 e. The SMILES string of the molecule is CCn1cncc1CCc1c(C)cccc1C. The highest BCUT2D eigenvalue weighted by Gasteiger charge is 2.05. The predicted octanol–water partition coefficient (Wildman–Crippen LogP) is 3.31. The van der Waals surface area contributed by atoms with Crippen molar-refractivity contribution in [1.29, 1.82) is 0 Å². The molecule has 1 heterocycles. The molecule has 0 aliphatic rings. The minimum absolute atomic E-state index is 1.00. The highest BCUT2D eigenvalue weighted by Crippen LogP contribution is 2.16. The summed E-state index contributed by atoms with van der Waals surface area (Å²) in [7, 11) is 0. The van der Waals surface area contributed by atoms with Crippen LogP contribution in [0.5, 0.6) is 0 Å². The number of aryl methyl sites for hydroxylation is 4. The maximum absolute atomic E-state index is 4.21. The van der Waals surface area contributed by atoms with Crippen molar-refractivity contribution in [3.05, 3.63) is 53.1 Å². The van der Waals surface area contributed by atoms with Gasteiger partial charge < -0.3 is 4.57 Å². The Kier molecular flexibility index (Phi) is 3.62. The fourth-order valence-corrected chi connectivity index (χ4v) is 2.34. The molecule has 0 atom stereocenters. The van der Waals surface area contributed by atoms with Gasteiger partial charge in [-0.2, -0.15) is 0 Å². The number of hydrogen-bond acceptors (Lipinski definition) is 1. The molecule has 1 aromatic heterocycles. The van der Waals surface area contributed by atoms with E-state index in [4.69, 9.17) is 0 Å². The zero-order valence-electron chi connectivity index (χ0n) is 10.9. The van der Waals surface area contributed by atoms with Crippen molar-refractivity contribution in [1.82, 2.24) is 9.55 Å². The van der Waals surface area contributed by atoms with Gasteiger partial charge in [0.2, 0.25) is 0 Å². The lowest BCUT2D eigenvalue weighted by Gasteiger charge is -2.10. The van der Waals surface area contributed by atoms with E-state index < -0.39 is 0 Å². The van der Waals surface area contributed by atoms with Gasteiger partial charge in [0, 0.05) is 18.4 Å². The van der Waals surface area contributed by atoms with Gasteiger partial charge in [-0.1, -0.05) is 18.2 Å². The van der Waals surface area contributed by atoms with Crippen molar-refractivity contribution in [3.8, 4) is 0 Å². The lowest BCUT2D eigenvalue weighted by molar-refractivity contribution is 0.702. The number of benzene rings is 1. The Morgan fingerprint density at radius 1 is 1.12 bits per heavy atom. The summed E-state index contributed by atoms with van der Waals surface area (Å²) in [4.78, 5) is 4.21. The first-order valence-corrected chi connectivity index (χ1v) is 6.26. The van der Waals surface area contributed by atoms with Gasteiger partial charge in [0.05, 0.1) is 6.33 Å². The average molecular weight is 228 g/mol. The molecule has 2 rings (SSSR count). The first-order valence-electron chi connectivity index (χ1n) is 6.26. The molecule has 0 unspecified atom stereocenters. The van der Waals surface area contributed by atoms with E-state index in [0.29, 0.717) is 0 Å². The third kappa shape index (κ3) is 2.57. The van der Waals surface area contributed by atoms with E-state index in [9.17, 15) is 0 Å². The van der Waals surface area contributed by atoms with Crippen LogP contribution in [0.1, 0.15) is 29.3 Å². The van der Waals surface area contributed by atoms with E-state index >= 15 is 0 Å². The van der Waals surface area contributed by atoms with Crippen molar-refractivity contribution in [2.24, 2.45) is 0 Å². The van der Waals surface area contributed by atoms with Gasteiger partial charge in [-0.3, -0.25) is 0 Å². The first kappa shape index (κ1) is 11.9. The number of rotatable bonds is 4. The molecule has 17 heavy (non-hydrogen) atoms. The van der Waals surface area contributed by atoms with E-state index in [2.05, 4.69) is 48.5 Å². The number of imidazole rings is 1. The molecule has 0 aliphatic carbocycles. The average Bonchev–Trinajstić information content (AvgIpc) is 2.76. The number of nitrogens with zero attached hydrogens (tertiary/aromatic N) is 2. The maximum Gasteiger partial charge on any atom is 0.0948 e. The molecule has 0 saturated carbocycles. The van der Waals surface area contributed by atoms with Gasteiger partial charge in [0.1, 0.15) is 0 Å². The Labute approximate surface area is 103 Å². The van der Waals surface area contributed by atoms with Crippen LogP contribution in [-0.4, -0.2) is 9.55 Å². The van der Waals surface area contributed by atoms with E-state index in [0.717, 1.165) is 19.4 Å². The standard InChI is InChI=1S/C15H20N2/c1-4-17-11-16-10-14(17)8-9-15-12(2)6-5-7-13(15)3/h5-7,10-11H,4,8-9H2,1-3H3. The molecule has 0 bridgehead atoms. The minimum atomic E-state index is 1.00. The third-order valence-corrected chi connectivity index (χ3v) is 3.41. The quantitative estimate of drug-likeness (QED) is 0.785. The van der Waals surface area contributed by atoms with Crippen LogP contribution >= 0.6 is 0 Å². The Morgan fingerprint density at radius 3 is 2.47 bits per heavy atom. The molecular formula is C15H20N2. The van der Waals surface area contributed by atoms with E-state index in [-0.39, 0.29) is 0 Å². The van der Waals surface area contributed by atoms with Gasteiger partial charge in [-0.15, -0.1) is 0 Å². The van der Waals surface area contributed by atoms with Crippen LogP contribution in [0.15, 0.2) is 30.7 Å². The molecule has 0 spiro atoms. The van der Waals surface area contributed by atoms with Crippen molar-refractivity contribution >= 4 is 0 Å². The molecule has 0 N–H and O–H groups in total. The van der Waals surface area contributed by atoms with Gasteiger partial charge in [0.25, 0.3) is 0 Å². The zero-order chi connectivity index (χ0) is 12.3. The monoisotopic (exact) mass is 228 g/mol. The van der Waals surface area contributed by atoms with Gasteiger partial charge in [-0.05, 0) is 50.3 Å². The molecule has 0 aliphatic heterocycles. The Morgan fingerprint density at radius 2 is 1.82 bits per heavy atom. The predicted molar refractivity (Wildman–Crippen MR) is 71.2 cm³/mol. The highest BCUT2D eigenvalue weighted by molar-refractivity contribution is 5.33. The summed E-state index contributed by atoms with van der Waals surface area (Å²) < 4.78 is 2.22. The molecule has 0 saturated heterocycles. The van der Waals surface area contributed by atoms with E-state index in [1.54, 1.807) is 0 Å². The summed E-state index contributed by atoms with van der Waals surface area (Å²) in [5, 5.41) is 0. The number of aromatic nitrogens is 2. The second kappa shape index (κ2) is 5.17. The molecule has 90 valence electrons. The van der Waals surface area contributed by atoms with Crippen LogP contribution in [-0.2, 0) is 19.4 Å². The summed E-state index contributed by atoms with van der Waals surface area (Å²) in [5.41, 5.74) is 5.60. The van der Waals surface area contributed by atoms with Crippen LogP contribution in [0.3, 0.4) is 0 Å². The topological polar surface area (TPSA) is 17.8 Å². The maximum atomic E-state index is 4.21. The molecule has 2 heteroatoms. The smallest absolute Gasteiger partial charge is 0.0948 e. The molecule has 1 aromatic carbocycles. The summed E-state index contributed by atoms with van der Waals surface area (Å²) >= 11 is 0. The Bertz CT molecular complexity index is 477. The van der Waals surface area contributed by atoms with Crippen molar-refractivity contribution < 1.29 is 0 Å². The number of hydrogen-bond donors (Lipinski definition) is 0. The second-order valence-electron chi connectivity index (χ2n) is 4.54.